The van der Waals surface area contributed by atoms with Crippen molar-refractivity contribution in [3.63, 3.8) is 0 Å². The first-order chi connectivity index (χ1) is 8.06. The first-order valence-corrected chi connectivity index (χ1v) is 5.80. The first kappa shape index (κ1) is 12.2. The summed E-state index contributed by atoms with van der Waals surface area (Å²) in [6.07, 6.45) is 3.30. The largest absolute Gasteiger partial charge is 0.292 e. The number of halogens is 3. The van der Waals surface area contributed by atoms with Crippen LogP contribution in [0.25, 0.3) is 0 Å². The molecule has 0 spiro atoms. The van der Waals surface area contributed by atoms with Gasteiger partial charge in [-0.15, -0.1) is 0 Å². The molecule has 0 N–H and O–H groups in total. The molecule has 17 heavy (non-hydrogen) atoms. The van der Waals surface area contributed by atoms with E-state index in [9.17, 15) is 13.6 Å². The van der Waals surface area contributed by atoms with Gasteiger partial charge in [0, 0.05) is 11.8 Å². The van der Waals surface area contributed by atoms with Gasteiger partial charge in [0.05, 0.1) is 9.77 Å². The molecule has 0 unspecified atom stereocenters. The lowest BCUT2D eigenvalue weighted by atomic mass is 10.1. The molecular weight excluding hydrogens is 341 g/mol. The van der Waals surface area contributed by atoms with Crippen LogP contribution in [-0.4, -0.2) is 15.6 Å². The molecule has 6 heteroatoms. The van der Waals surface area contributed by atoms with Crippen LogP contribution in [-0.2, 0) is 6.54 Å². The zero-order valence-electron chi connectivity index (χ0n) is 8.53. The lowest BCUT2D eigenvalue weighted by molar-refractivity contribution is 0.0967. The molecular formula is C11H7F2IN2O. The lowest BCUT2D eigenvalue weighted by Gasteiger charge is -2.02. The zero-order chi connectivity index (χ0) is 12.4. The molecule has 0 aliphatic carbocycles. The van der Waals surface area contributed by atoms with E-state index >= 15 is 0 Å². The second kappa shape index (κ2) is 4.91. The van der Waals surface area contributed by atoms with Crippen LogP contribution >= 0.6 is 22.6 Å². The van der Waals surface area contributed by atoms with Crippen molar-refractivity contribution in [1.82, 2.24) is 9.78 Å². The van der Waals surface area contributed by atoms with Crippen LogP contribution in [0.3, 0.4) is 0 Å². The molecule has 1 aromatic heterocycles. The number of Topliss-reactive ketones (excluding diaryl/α,β-unsaturated/α-hetero) is 1. The molecule has 0 aliphatic heterocycles. The number of carbonyl (C=O) groups excluding carboxylic acids is 1. The van der Waals surface area contributed by atoms with Gasteiger partial charge in [-0.1, -0.05) is 0 Å². The second-order valence-corrected chi connectivity index (χ2v) is 4.65. The molecule has 0 saturated carbocycles. The Kier molecular flexibility index (Phi) is 3.51. The summed E-state index contributed by atoms with van der Waals surface area (Å²) in [5.41, 5.74) is 0.134. The van der Waals surface area contributed by atoms with Gasteiger partial charge in [0.25, 0.3) is 0 Å². The van der Waals surface area contributed by atoms with Crippen molar-refractivity contribution in [3.05, 3.63) is 51.4 Å². The van der Waals surface area contributed by atoms with Crippen molar-refractivity contribution < 1.29 is 13.6 Å². The van der Waals surface area contributed by atoms with Gasteiger partial charge in [-0.25, -0.2) is 8.78 Å². The molecule has 3 nitrogen and oxygen atoms in total. The minimum atomic E-state index is -1.02. The van der Waals surface area contributed by atoms with Crippen molar-refractivity contribution in [2.45, 2.75) is 6.54 Å². The summed E-state index contributed by atoms with van der Waals surface area (Å²) in [4.78, 5) is 11.7. The first-order valence-electron chi connectivity index (χ1n) is 4.72. The van der Waals surface area contributed by atoms with Crippen LogP contribution in [0.15, 0.2) is 30.6 Å². The van der Waals surface area contributed by atoms with Crippen LogP contribution in [0, 0.1) is 15.2 Å². The summed E-state index contributed by atoms with van der Waals surface area (Å²) in [7, 11) is 0. The molecule has 0 fully saturated rings. The van der Waals surface area contributed by atoms with E-state index in [1.807, 2.05) is 0 Å². The number of hydrogen-bond acceptors (Lipinski definition) is 2. The highest BCUT2D eigenvalue weighted by Crippen LogP contribution is 2.10. The Hall–Kier alpha value is -1.31. The Morgan fingerprint density at radius 2 is 2.12 bits per heavy atom. The number of benzene rings is 1. The van der Waals surface area contributed by atoms with E-state index in [0.29, 0.717) is 0 Å². The standard InChI is InChI=1S/C11H7F2IN2O/c12-9-2-1-7(3-10(9)13)11(17)6-16-5-8(14)4-15-16/h1-5H,6H2. The quantitative estimate of drug-likeness (QED) is 0.632. The number of aromatic nitrogens is 2. The Balaban J connectivity index is 2.17. The lowest BCUT2D eigenvalue weighted by Crippen LogP contribution is -2.11. The summed E-state index contributed by atoms with van der Waals surface area (Å²) in [5, 5.41) is 3.94. The summed E-state index contributed by atoms with van der Waals surface area (Å²) >= 11 is 2.07. The molecule has 2 rings (SSSR count). The van der Waals surface area contributed by atoms with Gasteiger partial charge in [-0.3, -0.25) is 9.48 Å². The third kappa shape index (κ3) is 2.87. The smallest absolute Gasteiger partial charge is 0.184 e. The minimum absolute atomic E-state index is 0.00801. The highest BCUT2D eigenvalue weighted by Gasteiger charge is 2.10. The highest BCUT2D eigenvalue weighted by molar-refractivity contribution is 14.1. The molecule has 0 radical (unpaired) electrons. The van der Waals surface area contributed by atoms with Crippen LogP contribution in [0.4, 0.5) is 8.78 Å². The van der Waals surface area contributed by atoms with E-state index in [-0.39, 0.29) is 17.9 Å². The van der Waals surface area contributed by atoms with E-state index in [1.54, 1.807) is 12.4 Å². The van der Waals surface area contributed by atoms with Gasteiger partial charge in [0.1, 0.15) is 6.54 Å². The maximum Gasteiger partial charge on any atom is 0.184 e. The number of ketones is 1. The van der Waals surface area contributed by atoms with Crippen molar-refractivity contribution in [3.8, 4) is 0 Å². The number of carbonyl (C=O) groups is 1. The molecule has 0 saturated heterocycles. The van der Waals surface area contributed by atoms with E-state index in [1.165, 1.54) is 10.7 Å². The van der Waals surface area contributed by atoms with Gasteiger partial charge in [-0.2, -0.15) is 5.10 Å². The predicted octanol–water partition coefficient (Wildman–Crippen LogP) is 2.65. The summed E-state index contributed by atoms with van der Waals surface area (Å²) in [6, 6.07) is 3.09. The second-order valence-electron chi connectivity index (χ2n) is 3.41. The topological polar surface area (TPSA) is 34.9 Å². The SMILES string of the molecule is O=C(Cn1cc(I)cn1)c1ccc(F)c(F)c1. The Morgan fingerprint density at radius 3 is 2.71 bits per heavy atom. The maximum atomic E-state index is 12.9. The Morgan fingerprint density at radius 1 is 1.35 bits per heavy atom. The van der Waals surface area contributed by atoms with Gasteiger partial charge in [0.15, 0.2) is 17.4 Å². The number of hydrogen-bond donors (Lipinski definition) is 0. The average Bonchev–Trinajstić information content (AvgIpc) is 2.68. The molecule has 0 atom stereocenters. The molecule has 0 amide bonds. The van der Waals surface area contributed by atoms with Gasteiger partial charge < -0.3 is 0 Å². The van der Waals surface area contributed by atoms with Crippen LogP contribution < -0.4 is 0 Å². The molecule has 1 heterocycles. The third-order valence-corrected chi connectivity index (χ3v) is 2.71. The van der Waals surface area contributed by atoms with Crippen LogP contribution in [0.5, 0.6) is 0 Å². The zero-order valence-corrected chi connectivity index (χ0v) is 10.7. The summed E-state index contributed by atoms with van der Waals surface area (Å²) in [5.74, 6) is -2.30. The third-order valence-electron chi connectivity index (χ3n) is 2.15. The average molecular weight is 348 g/mol. The van der Waals surface area contributed by atoms with E-state index < -0.39 is 11.6 Å². The summed E-state index contributed by atoms with van der Waals surface area (Å²) in [6.45, 7) is 0.00801. The Labute approximate surface area is 110 Å². The maximum absolute atomic E-state index is 12.9. The van der Waals surface area contributed by atoms with Crippen LogP contribution in [0.1, 0.15) is 10.4 Å². The molecule has 88 valence electrons. The van der Waals surface area contributed by atoms with Crippen molar-refractivity contribution in [2.24, 2.45) is 0 Å². The highest BCUT2D eigenvalue weighted by atomic mass is 127. The van der Waals surface area contributed by atoms with E-state index in [2.05, 4.69) is 27.7 Å². The Bertz CT molecular complexity index is 568. The normalized spacial score (nSPS) is 10.5. The van der Waals surface area contributed by atoms with Gasteiger partial charge in [-0.05, 0) is 40.8 Å². The fraction of sp³-hybridized carbons (Fsp3) is 0.0909. The van der Waals surface area contributed by atoms with Crippen molar-refractivity contribution >= 4 is 28.4 Å². The van der Waals surface area contributed by atoms with E-state index in [4.69, 9.17) is 0 Å². The minimum Gasteiger partial charge on any atom is -0.292 e. The number of nitrogens with zero attached hydrogens (tertiary/aromatic N) is 2. The van der Waals surface area contributed by atoms with Crippen molar-refractivity contribution in [1.29, 1.82) is 0 Å². The molecule has 1 aromatic carbocycles. The molecule has 2 aromatic rings. The van der Waals surface area contributed by atoms with E-state index in [0.717, 1.165) is 15.7 Å². The van der Waals surface area contributed by atoms with Gasteiger partial charge >= 0.3 is 0 Å². The monoisotopic (exact) mass is 348 g/mol. The predicted molar refractivity (Wildman–Crippen MR) is 65.6 cm³/mol. The van der Waals surface area contributed by atoms with Crippen LogP contribution in [0.2, 0.25) is 0 Å². The summed E-state index contributed by atoms with van der Waals surface area (Å²) < 4.78 is 28.0. The van der Waals surface area contributed by atoms with Crippen molar-refractivity contribution in [2.75, 3.05) is 0 Å². The fourth-order valence-corrected chi connectivity index (χ4v) is 1.78. The van der Waals surface area contributed by atoms with Gasteiger partial charge in [0.2, 0.25) is 0 Å². The number of rotatable bonds is 3. The molecule has 0 aliphatic rings. The fourth-order valence-electron chi connectivity index (χ4n) is 1.33. The molecule has 0 bridgehead atoms.